The average molecular weight is 269 g/mol. The minimum Gasteiger partial charge on any atom is -0.340 e. The summed E-state index contributed by atoms with van der Waals surface area (Å²) in [6, 6.07) is 0. The molecule has 19 heavy (non-hydrogen) atoms. The Morgan fingerprint density at radius 2 is 1.79 bits per heavy atom. The highest BCUT2D eigenvalue weighted by atomic mass is 16.2. The highest BCUT2D eigenvalue weighted by molar-refractivity contribution is 5.76. The summed E-state index contributed by atoms with van der Waals surface area (Å²) < 4.78 is 0. The van der Waals surface area contributed by atoms with E-state index in [4.69, 9.17) is 5.73 Å². The lowest BCUT2D eigenvalue weighted by atomic mass is 10.1. The van der Waals surface area contributed by atoms with Crippen LogP contribution in [0.4, 0.5) is 0 Å². The van der Waals surface area contributed by atoms with Gasteiger partial charge in [-0.05, 0) is 38.3 Å². The Labute approximate surface area is 118 Å². The van der Waals surface area contributed by atoms with Gasteiger partial charge in [-0.3, -0.25) is 9.69 Å². The lowest BCUT2D eigenvalue weighted by Gasteiger charge is -2.35. The molecule has 1 saturated heterocycles. The second kappa shape index (κ2) is 9.32. The molecule has 0 bridgehead atoms. The van der Waals surface area contributed by atoms with E-state index in [1.165, 1.54) is 13.0 Å². The second-order valence-electron chi connectivity index (χ2n) is 6.00. The molecule has 1 rings (SSSR count). The van der Waals surface area contributed by atoms with E-state index in [9.17, 15) is 4.79 Å². The van der Waals surface area contributed by atoms with E-state index in [-0.39, 0.29) is 0 Å². The number of hydrogen-bond donors (Lipinski definition) is 1. The topological polar surface area (TPSA) is 49.6 Å². The number of rotatable bonds is 8. The fourth-order valence-electron chi connectivity index (χ4n) is 2.42. The quantitative estimate of drug-likeness (QED) is 0.682. The summed E-state index contributed by atoms with van der Waals surface area (Å²) in [7, 11) is 0. The normalized spacial score (nSPS) is 17.2. The molecule has 0 atom stereocenters. The molecule has 0 radical (unpaired) electrons. The van der Waals surface area contributed by atoms with Crippen LogP contribution in [0, 0.1) is 5.92 Å². The van der Waals surface area contributed by atoms with Crippen LogP contribution in [0.1, 0.15) is 46.0 Å². The van der Waals surface area contributed by atoms with Crippen molar-refractivity contribution in [3.63, 3.8) is 0 Å². The molecule has 0 aliphatic carbocycles. The van der Waals surface area contributed by atoms with Crippen LogP contribution in [0.15, 0.2) is 0 Å². The molecule has 0 aromatic carbocycles. The van der Waals surface area contributed by atoms with Crippen molar-refractivity contribution >= 4 is 5.91 Å². The first-order valence-corrected chi connectivity index (χ1v) is 7.83. The van der Waals surface area contributed by atoms with Gasteiger partial charge in [0.15, 0.2) is 0 Å². The molecule has 0 unspecified atom stereocenters. The first-order valence-electron chi connectivity index (χ1n) is 7.83. The Hall–Kier alpha value is -0.610. The largest absolute Gasteiger partial charge is 0.340 e. The van der Waals surface area contributed by atoms with Gasteiger partial charge in [0.2, 0.25) is 5.91 Å². The Morgan fingerprint density at radius 3 is 2.37 bits per heavy atom. The molecule has 4 heteroatoms. The zero-order chi connectivity index (χ0) is 14.1. The standard InChI is InChI=1S/C15H31N3O/c1-14(2)7-9-17-10-12-18(13-11-17)15(19)6-4-3-5-8-16/h14H,3-13,16H2,1-2H3. The fourth-order valence-corrected chi connectivity index (χ4v) is 2.42. The molecule has 1 amide bonds. The van der Waals surface area contributed by atoms with E-state index in [2.05, 4.69) is 18.7 Å². The van der Waals surface area contributed by atoms with Gasteiger partial charge in [0, 0.05) is 32.6 Å². The summed E-state index contributed by atoms with van der Waals surface area (Å²) in [4.78, 5) is 16.5. The molecule has 1 fully saturated rings. The number of amides is 1. The highest BCUT2D eigenvalue weighted by Crippen LogP contribution is 2.09. The SMILES string of the molecule is CC(C)CCN1CCN(C(=O)CCCCCN)CC1. The van der Waals surface area contributed by atoms with Crippen molar-refractivity contribution in [1.29, 1.82) is 0 Å². The highest BCUT2D eigenvalue weighted by Gasteiger charge is 2.20. The van der Waals surface area contributed by atoms with E-state index in [1.54, 1.807) is 0 Å². The zero-order valence-corrected chi connectivity index (χ0v) is 12.7. The number of carbonyl (C=O) groups is 1. The van der Waals surface area contributed by atoms with E-state index in [0.717, 1.165) is 57.9 Å². The summed E-state index contributed by atoms with van der Waals surface area (Å²) >= 11 is 0. The minimum absolute atomic E-state index is 0.334. The smallest absolute Gasteiger partial charge is 0.222 e. The number of carbonyl (C=O) groups excluding carboxylic acids is 1. The Morgan fingerprint density at radius 1 is 1.11 bits per heavy atom. The maximum Gasteiger partial charge on any atom is 0.222 e. The monoisotopic (exact) mass is 269 g/mol. The summed E-state index contributed by atoms with van der Waals surface area (Å²) in [6.07, 6.45) is 5.06. The van der Waals surface area contributed by atoms with Crippen LogP contribution in [-0.4, -0.2) is 55.0 Å². The number of unbranched alkanes of at least 4 members (excludes halogenated alkanes) is 2. The van der Waals surface area contributed by atoms with E-state index in [0.29, 0.717) is 12.3 Å². The van der Waals surface area contributed by atoms with Crippen molar-refractivity contribution in [2.75, 3.05) is 39.3 Å². The van der Waals surface area contributed by atoms with Crippen LogP contribution in [0.3, 0.4) is 0 Å². The van der Waals surface area contributed by atoms with Gasteiger partial charge in [0.1, 0.15) is 0 Å². The van der Waals surface area contributed by atoms with Crippen LogP contribution < -0.4 is 5.73 Å². The third-order valence-corrected chi connectivity index (χ3v) is 3.84. The van der Waals surface area contributed by atoms with E-state index < -0.39 is 0 Å². The molecule has 4 nitrogen and oxygen atoms in total. The van der Waals surface area contributed by atoms with Gasteiger partial charge in [-0.1, -0.05) is 20.3 Å². The minimum atomic E-state index is 0.334. The molecule has 1 heterocycles. The summed E-state index contributed by atoms with van der Waals surface area (Å²) in [5.74, 6) is 1.10. The Kier molecular flexibility index (Phi) is 8.07. The predicted molar refractivity (Wildman–Crippen MR) is 80.0 cm³/mol. The van der Waals surface area contributed by atoms with Crippen LogP contribution in [0.5, 0.6) is 0 Å². The average Bonchev–Trinajstić information content (AvgIpc) is 2.41. The van der Waals surface area contributed by atoms with Crippen LogP contribution >= 0.6 is 0 Å². The molecule has 1 aliphatic heterocycles. The third kappa shape index (κ3) is 6.92. The van der Waals surface area contributed by atoms with Crippen molar-refractivity contribution in [2.45, 2.75) is 46.0 Å². The Balaban J connectivity index is 2.12. The van der Waals surface area contributed by atoms with E-state index in [1.807, 2.05) is 4.90 Å². The molecular formula is C15H31N3O. The number of nitrogens with two attached hydrogens (primary N) is 1. The maximum absolute atomic E-state index is 12.0. The Bertz CT molecular complexity index is 248. The van der Waals surface area contributed by atoms with Gasteiger partial charge in [-0.25, -0.2) is 0 Å². The van der Waals surface area contributed by atoms with Crippen molar-refractivity contribution in [3.05, 3.63) is 0 Å². The molecule has 1 aliphatic rings. The van der Waals surface area contributed by atoms with Crippen LogP contribution in [-0.2, 0) is 4.79 Å². The first kappa shape index (κ1) is 16.4. The van der Waals surface area contributed by atoms with Gasteiger partial charge < -0.3 is 10.6 Å². The molecule has 112 valence electrons. The molecular weight excluding hydrogens is 238 g/mol. The van der Waals surface area contributed by atoms with Gasteiger partial charge in [0.25, 0.3) is 0 Å². The molecule has 2 N–H and O–H groups in total. The van der Waals surface area contributed by atoms with Gasteiger partial charge in [0.05, 0.1) is 0 Å². The molecule has 0 spiro atoms. The van der Waals surface area contributed by atoms with E-state index >= 15 is 0 Å². The summed E-state index contributed by atoms with van der Waals surface area (Å²) in [6.45, 7) is 10.4. The molecule has 0 saturated carbocycles. The predicted octanol–water partition coefficient (Wildman–Crippen LogP) is 1.70. The lowest BCUT2D eigenvalue weighted by molar-refractivity contribution is -0.133. The number of nitrogens with zero attached hydrogens (tertiary/aromatic N) is 2. The zero-order valence-electron chi connectivity index (χ0n) is 12.7. The molecule has 0 aromatic rings. The lowest BCUT2D eigenvalue weighted by Crippen LogP contribution is -2.48. The van der Waals surface area contributed by atoms with Crippen LogP contribution in [0.25, 0.3) is 0 Å². The van der Waals surface area contributed by atoms with Crippen LogP contribution in [0.2, 0.25) is 0 Å². The maximum atomic E-state index is 12.0. The van der Waals surface area contributed by atoms with Crippen molar-refractivity contribution in [3.8, 4) is 0 Å². The van der Waals surface area contributed by atoms with Gasteiger partial charge >= 0.3 is 0 Å². The number of hydrogen-bond acceptors (Lipinski definition) is 3. The third-order valence-electron chi connectivity index (χ3n) is 3.84. The van der Waals surface area contributed by atoms with Gasteiger partial charge in [-0.2, -0.15) is 0 Å². The summed E-state index contributed by atoms with van der Waals surface area (Å²) in [5, 5.41) is 0. The van der Waals surface area contributed by atoms with Crippen molar-refractivity contribution in [2.24, 2.45) is 11.7 Å². The summed E-state index contributed by atoms with van der Waals surface area (Å²) in [5.41, 5.74) is 5.45. The van der Waals surface area contributed by atoms with Gasteiger partial charge in [-0.15, -0.1) is 0 Å². The first-order chi connectivity index (χ1) is 9.13. The number of piperazine rings is 1. The molecule has 0 aromatic heterocycles. The van der Waals surface area contributed by atoms with Crippen molar-refractivity contribution in [1.82, 2.24) is 9.80 Å². The second-order valence-corrected chi connectivity index (χ2v) is 6.00. The van der Waals surface area contributed by atoms with Crippen molar-refractivity contribution < 1.29 is 4.79 Å². The fraction of sp³-hybridized carbons (Fsp3) is 0.933.